The lowest BCUT2D eigenvalue weighted by atomic mass is 10.3. The summed E-state index contributed by atoms with van der Waals surface area (Å²) in [4.78, 5) is 27.4. The fourth-order valence-electron chi connectivity index (χ4n) is 1.52. The number of hydrogen-bond donors (Lipinski definition) is 1. The van der Waals surface area contributed by atoms with E-state index in [4.69, 9.17) is 5.26 Å². The molecule has 0 fully saturated rings. The molecule has 2 rings (SSSR count). The Morgan fingerprint density at radius 2 is 1.78 bits per heavy atom. The van der Waals surface area contributed by atoms with Gasteiger partial charge in [0.15, 0.2) is 6.19 Å². The molecule has 0 radical (unpaired) electrons. The lowest BCUT2D eigenvalue weighted by Gasteiger charge is -2.14. The van der Waals surface area contributed by atoms with Crippen molar-refractivity contribution < 1.29 is 4.79 Å². The van der Waals surface area contributed by atoms with Gasteiger partial charge in [0, 0.05) is 38.6 Å². The summed E-state index contributed by atoms with van der Waals surface area (Å²) < 4.78 is 0. The zero-order chi connectivity index (χ0) is 16.8. The van der Waals surface area contributed by atoms with Gasteiger partial charge in [-0.05, 0) is 12.1 Å². The molecule has 0 saturated carbocycles. The van der Waals surface area contributed by atoms with Crippen molar-refractivity contribution >= 4 is 34.6 Å². The van der Waals surface area contributed by atoms with Crippen molar-refractivity contribution in [2.75, 3.05) is 36.3 Å². The summed E-state index contributed by atoms with van der Waals surface area (Å²) in [6.45, 7) is 0. The maximum absolute atomic E-state index is 12.1. The second kappa shape index (κ2) is 7.42. The number of carbonyl (C=O) groups is 1. The van der Waals surface area contributed by atoms with Gasteiger partial charge in [0.05, 0.1) is 0 Å². The van der Waals surface area contributed by atoms with Gasteiger partial charge in [0.25, 0.3) is 5.24 Å². The van der Waals surface area contributed by atoms with E-state index in [1.54, 1.807) is 31.1 Å². The number of hydrogen-bond acceptors (Lipinski definition) is 8. The first-order valence-corrected chi connectivity index (χ1v) is 7.42. The average Bonchev–Trinajstić information content (AvgIpc) is 2.54. The number of nitriles is 1. The maximum atomic E-state index is 12.1. The van der Waals surface area contributed by atoms with Crippen molar-refractivity contribution in [3.05, 3.63) is 30.3 Å². The minimum atomic E-state index is -0.322. The van der Waals surface area contributed by atoms with Gasteiger partial charge >= 0.3 is 0 Å². The predicted molar refractivity (Wildman–Crippen MR) is 89.5 cm³/mol. The van der Waals surface area contributed by atoms with Gasteiger partial charge in [-0.15, -0.1) is 0 Å². The summed E-state index contributed by atoms with van der Waals surface area (Å²) in [5.74, 6) is 0.549. The molecule has 1 amide bonds. The number of nitrogens with zero attached hydrogens (tertiary/aromatic N) is 6. The number of anilines is 3. The summed E-state index contributed by atoms with van der Waals surface area (Å²) in [6, 6.07) is 9.08. The van der Waals surface area contributed by atoms with E-state index < -0.39 is 0 Å². The fraction of sp³-hybridized carbons (Fsp3) is 0.214. The van der Waals surface area contributed by atoms with Crippen LogP contribution in [0.25, 0.3) is 0 Å². The third-order valence-electron chi connectivity index (χ3n) is 2.65. The molecule has 0 bridgehead atoms. The third kappa shape index (κ3) is 4.55. The maximum Gasteiger partial charge on any atom is 0.291 e. The molecule has 23 heavy (non-hydrogen) atoms. The molecular formula is C14H15N7OS. The van der Waals surface area contributed by atoms with E-state index in [0.29, 0.717) is 11.6 Å². The Morgan fingerprint density at radius 3 is 2.39 bits per heavy atom. The molecule has 0 aliphatic carbocycles. The molecule has 0 atom stereocenters. The second-order valence-corrected chi connectivity index (χ2v) is 5.59. The highest BCUT2D eigenvalue weighted by molar-refractivity contribution is 8.13. The highest BCUT2D eigenvalue weighted by Crippen LogP contribution is 2.21. The van der Waals surface area contributed by atoms with Gasteiger partial charge in [-0.3, -0.25) is 9.69 Å². The monoisotopic (exact) mass is 329 g/mol. The molecule has 118 valence electrons. The first kappa shape index (κ1) is 16.5. The molecule has 9 heteroatoms. The zero-order valence-electron chi connectivity index (χ0n) is 12.9. The first-order chi connectivity index (χ1) is 11.0. The Labute approximate surface area is 138 Å². The number of amides is 1. The van der Waals surface area contributed by atoms with Crippen LogP contribution in [0.3, 0.4) is 0 Å². The Kier molecular flexibility index (Phi) is 5.32. The van der Waals surface area contributed by atoms with Crippen molar-refractivity contribution in [3.8, 4) is 6.19 Å². The van der Waals surface area contributed by atoms with Crippen LogP contribution in [0.15, 0.2) is 35.5 Å². The largest absolute Gasteiger partial charge is 0.347 e. The normalized spacial score (nSPS) is 9.83. The molecule has 0 aliphatic rings. The van der Waals surface area contributed by atoms with Crippen molar-refractivity contribution in [1.29, 1.82) is 5.26 Å². The van der Waals surface area contributed by atoms with Gasteiger partial charge in [-0.1, -0.05) is 18.2 Å². The van der Waals surface area contributed by atoms with Gasteiger partial charge < -0.3 is 10.2 Å². The van der Waals surface area contributed by atoms with Gasteiger partial charge in [0.2, 0.25) is 17.1 Å². The summed E-state index contributed by atoms with van der Waals surface area (Å²) in [6.07, 6.45) is 1.92. The summed E-state index contributed by atoms with van der Waals surface area (Å²) in [7, 11) is 5.07. The molecule has 1 heterocycles. The summed E-state index contributed by atoms with van der Waals surface area (Å²) >= 11 is 0.837. The van der Waals surface area contributed by atoms with Gasteiger partial charge in [-0.2, -0.15) is 20.2 Å². The van der Waals surface area contributed by atoms with Crippen LogP contribution in [0.2, 0.25) is 0 Å². The van der Waals surface area contributed by atoms with Crippen LogP contribution in [0.5, 0.6) is 0 Å². The van der Waals surface area contributed by atoms with Crippen molar-refractivity contribution in [3.63, 3.8) is 0 Å². The topological polar surface area (TPSA) is 98.0 Å². The van der Waals surface area contributed by atoms with Crippen LogP contribution >= 0.6 is 11.8 Å². The second-order valence-electron chi connectivity index (χ2n) is 4.65. The van der Waals surface area contributed by atoms with E-state index >= 15 is 0 Å². The average molecular weight is 329 g/mol. The SMILES string of the molecule is CN(C)c1nc(SC(=O)Nc2ccccc2)nc(N(C)C#N)n1. The highest BCUT2D eigenvalue weighted by Gasteiger charge is 2.15. The van der Waals surface area contributed by atoms with E-state index in [0.717, 1.165) is 11.8 Å². The lowest BCUT2D eigenvalue weighted by Crippen LogP contribution is -2.19. The molecule has 8 nitrogen and oxygen atoms in total. The number of para-hydroxylation sites is 1. The minimum Gasteiger partial charge on any atom is -0.347 e. The third-order valence-corrected chi connectivity index (χ3v) is 3.30. The van der Waals surface area contributed by atoms with E-state index in [9.17, 15) is 4.79 Å². The summed E-state index contributed by atoms with van der Waals surface area (Å²) in [5.41, 5.74) is 0.682. The van der Waals surface area contributed by atoms with Crippen LogP contribution in [-0.2, 0) is 0 Å². The Bertz CT molecular complexity index is 730. The van der Waals surface area contributed by atoms with E-state index in [1.807, 2.05) is 24.4 Å². The molecule has 2 aromatic rings. The molecule has 0 aliphatic heterocycles. The number of nitrogens with one attached hydrogen (secondary N) is 1. The molecular weight excluding hydrogens is 314 g/mol. The molecule has 0 spiro atoms. The van der Waals surface area contributed by atoms with E-state index in [2.05, 4.69) is 20.3 Å². The van der Waals surface area contributed by atoms with E-state index in [-0.39, 0.29) is 16.3 Å². The summed E-state index contributed by atoms with van der Waals surface area (Å²) in [5, 5.41) is 11.6. The zero-order valence-corrected chi connectivity index (χ0v) is 13.7. The van der Waals surface area contributed by atoms with Crippen LogP contribution < -0.4 is 15.1 Å². The van der Waals surface area contributed by atoms with Crippen LogP contribution in [0, 0.1) is 11.5 Å². The van der Waals surface area contributed by atoms with Crippen LogP contribution in [0.4, 0.5) is 22.4 Å². The number of rotatable bonds is 4. The quantitative estimate of drug-likeness (QED) is 0.518. The first-order valence-electron chi connectivity index (χ1n) is 6.60. The van der Waals surface area contributed by atoms with Crippen LogP contribution in [-0.4, -0.2) is 41.3 Å². The predicted octanol–water partition coefficient (Wildman–Crippen LogP) is 2.18. The Hall–Kier alpha value is -2.86. The van der Waals surface area contributed by atoms with Gasteiger partial charge in [0.1, 0.15) is 0 Å². The van der Waals surface area contributed by atoms with Crippen LogP contribution in [0.1, 0.15) is 0 Å². The van der Waals surface area contributed by atoms with Crippen molar-refractivity contribution in [2.45, 2.75) is 5.16 Å². The van der Waals surface area contributed by atoms with E-state index in [1.165, 1.54) is 11.9 Å². The molecule has 1 N–H and O–H groups in total. The Morgan fingerprint density at radius 1 is 1.13 bits per heavy atom. The lowest BCUT2D eigenvalue weighted by molar-refractivity contribution is 0.269. The molecule has 0 saturated heterocycles. The number of benzene rings is 1. The number of aromatic nitrogens is 3. The van der Waals surface area contributed by atoms with Crippen molar-refractivity contribution in [2.24, 2.45) is 0 Å². The standard InChI is InChI=1S/C14H15N7OS/c1-20(2)11-17-12(21(3)9-15)19-13(18-11)23-14(22)16-10-7-5-4-6-8-10/h4-8H,1-3H3,(H,16,22). The fourth-order valence-corrected chi connectivity index (χ4v) is 2.11. The van der Waals surface area contributed by atoms with Crippen molar-refractivity contribution in [1.82, 2.24) is 15.0 Å². The molecule has 1 aromatic heterocycles. The number of carbonyl (C=O) groups excluding carboxylic acids is 1. The minimum absolute atomic E-state index is 0.182. The molecule has 1 aromatic carbocycles. The molecule has 0 unspecified atom stereocenters. The Balaban J connectivity index is 2.19. The highest BCUT2D eigenvalue weighted by atomic mass is 32.2. The van der Waals surface area contributed by atoms with Gasteiger partial charge in [-0.25, -0.2) is 0 Å². The smallest absolute Gasteiger partial charge is 0.291 e. The number of thioether (sulfide) groups is 1.